The normalized spacial score (nSPS) is 14.7. The summed E-state index contributed by atoms with van der Waals surface area (Å²) in [5.74, 6) is -1.87. The molecule has 0 saturated heterocycles. The Hall–Kier alpha value is -1.04. The molecule has 0 bridgehead atoms. The van der Waals surface area contributed by atoms with E-state index in [9.17, 15) is 13.9 Å². The van der Waals surface area contributed by atoms with E-state index in [4.69, 9.17) is 0 Å². The van der Waals surface area contributed by atoms with Crippen LogP contribution in [0.3, 0.4) is 0 Å². The lowest BCUT2D eigenvalue weighted by Gasteiger charge is -2.30. The molecule has 0 amide bonds. The molecule has 2 atom stereocenters. The Labute approximate surface area is 126 Å². The van der Waals surface area contributed by atoms with Gasteiger partial charge in [0, 0.05) is 24.7 Å². The summed E-state index contributed by atoms with van der Waals surface area (Å²) in [5, 5.41) is 10.1. The van der Waals surface area contributed by atoms with Crippen LogP contribution in [0, 0.1) is 11.6 Å². The second kappa shape index (κ2) is 8.41. The van der Waals surface area contributed by atoms with E-state index in [2.05, 4.69) is 23.6 Å². The number of hydrogen-bond acceptors (Lipinski definition) is 3. The summed E-state index contributed by atoms with van der Waals surface area (Å²) in [5.41, 5.74) is 0.0336. The predicted molar refractivity (Wildman–Crippen MR) is 81.2 cm³/mol. The Bertz CT molecular complexity index is 440. The van der Waals surface area contributed by atoms with E-state index in [1.807, 2.05) is 14.1 Å². The van der Waals surface area contributed by atoms with Crippen LogP contribution in [0.2, 0.25) is 0 Å². The van der Waals surface area contributed by atoms with E-state index < -0.39 is 17.7 Å². The molecule has 0 fully saturated rings. The van der Waals surface area contributed by atoms with Gasteiger partial charge in [0.2, 0.25) is 0 Å². The largest absolute Gasteiger partial charge is 0.388 e. The Morgan fingerprint density at radius 1 is 1.24 bits per heavy atom. The molecule has 0 saturated carbocycles. The summed E-state index contributed by atoms with van der Waals surface area (Å²) in [4.78, 5) is 4.33. The van der Waals surface area contributed by atoms with Crippen LogP contribution in [0.15, 0.2) is 18.2 Å². The van der Waals surface area contributed by atoms with Gasteiger partial charge in [0.1, 0.15) is 0 Å². The molecule has 1 rings (SSSR count). The van der Waals surface area contributed by atoms with Crippen LogP contribution in [0.25, 0.3) is 0 Å². The molecule has 0 aliphatic carbocycles. The van der Waals surface area contributed by atoms with E-state index >= 15 is 0 Å². The van der Waals surface area contributed by atoms with Crippen molar-refractivity contribution in [3.05, 3.63) is 35.4 Å². The average molecular weight is 300 g/mol. The first-order chi connectivity index (χ1) is 9.86. The highest BCUT2D eigenvalue weighted by Crippen LogP contribution is 2.22. The Morgan fingerprint density at radius 3 is 2.48 bits per heavy atom. The van der Waals surface area contributed by atoms with Crippen molar-refractivity contribution in [2.24, 2.45) is 0 Å². The zero-order chi connectivity index (χ0) is 16.0. The molecule has 0 heterocycles. The lowest BCUT2D eigenvalue weighted by Crippen LogP contribution is -2.40. The summed E-state index contributed by atoms with van der Waals surface area (Å²) in [6.07, 6.45) is -0.604. The van der Waals surface area contributed by atoms with Crippen LogP contribution in [-0.4, -0.2) is 54.7 Å². The third-order valence-electron chi connectivity index (χ3n) is 3.69. The highest BCUT2D eigenvalue weighted by atomic mass is 19.2. The minimum atomic E-state index is -0.985. The highest BCUT2D eigenvalue weighted by Gasteiger charge is 2.18. The molecule has 0 aliphatic heterocycles. The smallest absolute Gasteiger partial charge is 0.164 e. The zero-order valence-corrected chi connectivity index (χ0v) is 13.3. The van der Waals surface area contributed by atoms with E-state index in [1.54, 1.807) is 0 Å². The van der Waals surface area contributed by atoms with Crippen LogP contribution < -0.4 is 0 Å². The third-order valence-corrected chi connectivity index (χ3v) is 3.69. The van der Waals surface area contributed by atoms with E-state index in [0.717, 1.165) is 19.2 Å². The molecule has 0 spiro atoms. The molecule has 1 aromatic rings. The molecular formula is C16H26F2N2O. The number of nitrogens with zero attached hydrogens (tertiary/aromatic N) is 2. The van der Waals surface area contributed by atoms with Crippen molar-refractivity contribution in [1.82, 2.24) is 9.80 Å². The van der Waals surface area contributed by atoms with Crippen LogP contribution in [-0.2, 0) is 0 Å². The third kappa shape index (κ3) is 5.34. The second-order valence-corrected chi connectivity index (χ2v) is 5.69. The van der Waals surface area contributed by atoms with Crippen molar-refractivity contribution in [2.45, 2.75) is 32.4 Å². The van der Waals surface area contributed by atoms with Crippen molar-refractivity contribution in [1.29, 1.82) is 0 Å². The second-order valence-electron chi connectivity index (χ2n) is 5.69. The summed E-state index contributed by atoms with van der Waals surface area (Å²) in [6, 6.07) is 4.25. The lowest BCUT2D eigenvalue weighted by atomic mass is 10.0. The van der Waals surface area contributed by atoms with Gasteiger partial charge in [-0.2, -0.15) is 0 Å². The topological polar surface area (TPSA) is 26.7 Å². The van der Waals surface area contributed by atoms with Crippen LogP contribution in [0.4, 0.5) is 8.78 Å². The van der Waals surface area contributed by atoms with Gasteiger partial charge in [-0.15, -0.1) is 0 Å². The van der Waals surface area contributed by atoms with Crippen molar-refractivity contribution in [2.75, 3.05) is 33.7 Å². The quantitative estimate of drug-likeness (QED) is 0.799. The number of rotatable bonds is 8. The number of aliphatic hydroxyl groups excluding tert-OH is 1. The fourth-order valence-corrected chi connectivity index (χ4v) is 2.56. The minimum Gasteiger partial charge on any atom is -0.388 e. The molecule has 0 radical (unpaired) electrons. The number of likely N-dealkylation sites (N-methyl/N-ethyl adjacent to an activating group) is 2. The van der Waals surface area contributed by atoms with Crippen LogP contribution in [0.1, 0.15) is 31.9 Å². The summed E-state index contributed by atoms with van der Waals surface area (Å²) in [6.45, 7) is 6.59. The molecule has 0 aromatic heterocycles. The van der Waals surface area contributed by atoms with Gasteiger partial charge >= 0.3 is 0 Å². The number of aliphatic hydroxyl groups is 1. The van der Waals surface area contributed by atoms with Crippen LogP contribution >= 0.6 is 0 Å². The summed E-state index contributed by atoms with van der Waals surface area (Å²) in [7, 11) is 4.03. The summed E-state index contributed by atoms with van der Waals surface area (Å²) >= 11 is 0. The standard InChI is InChI=1S/C16H26F2N2O/c1-5-20(12(2)11-19(3)4)10-9-15(21)13-7-6-8-14(17)16(13)18/h6-8,12,15,21H,5,9-11H2,1-4H3. The molecule has 120 valence electrons. The number of halogens is 2. The predicted octanol–water partition coefficient (Wildman–Crippen LogP) is 2.66. The highest BCUT2D eigenvalue weighted by molar-refractivity contribution is 5.21. The fraction of sp³-hybridized carbons (Fsp3) is 0.625. The van der Waals surface area contributed by atoms with Gasteiger partial charge in [0.25, 0.3) is 0 Å². The Kier molecular flexibility index (Phi) is 7.22. The van der Waals surface area contributed by atoms with Crippen molar-refractivity contribution >= 4 is 0 Å². The van der Waals surface area contributed by atoms with Gasteiger partial charge < -0.3 is 10.0 Å². The van der Waals surface area contributed by atoms with Gasteiger partial charge in [0.05, 0.1) is 6.10 Å². The molecule has 21 heavy (non-hydrogen) atoms. The maximum atomic E-state index is 13.6. The number of benzene rings is 1. The van der Waals surface area contributed by atoms with Crippen molar-refractivity contribution in [3.63, 3.8) is 0 Å². The van der Waals surface area contributed by atoms with Crippen molar-refractivity contribution in [3.8, 4) is 0 Å². The van der Waals surface area contributed by atoms with Gasteiger partial charge in [0.15, 0.2) is 11.6 Å². The molecule has 2 unspecified atom stereocenters. The maximum Gasteiger partial charge on any atom is 0.164 e. The zero-order valence-electron chi connectivity index (χ0n) is 13.3. The van der Waals surface area contributed by atoms with Crippen LogP contribution in [0.5, 0.6) is 0 Å². The molecule has 3 nitrogen and oxygen atoms in total. The molecule has 1 aromatic carbocycles. The Morgan fingerprint density at radius 2 is 1.90 bits per heavy atom. The first-order valence-electron chi connectivity index (χ1n) is 7.37. The molecular weight excluding hydrogens is 274 g/mol. The van der Waals surface area contributed by atoms with Crippen molar-refractivity contribution < 1.29 is 13.9 Å². The average Bonchev–Trinajstić information content (AvgIpc) is 2.41. The number of hydrogen-bond donors (Lipinski definition) is 1. The van der Waals surface area contributed by atoms with Gasteiger partial charge in [-0.3, -0.25) is 4.90 Å². The van der Waals surface area contributed by atoms with E-state index in [-0.39, 0.29) is 5.56 Å². The van der Waals surface area contributed by atoms with Gasteiger partial charge in [-0.05, 0) is 40.1 Å². The minimum absolute atomic E-state index is 0.0336. The van der Waals surface area contributed by atoms with Gasteiger partial charge in [-0.25, -0.2) is 8.78 Å². The van der Waals surface area contributed by atoms with E-state index in [0.29, 0.717) is 19.0 Å². The summed E-state index contributed by atoms with van der Waals surface area (Å²) < 4.78 is 26.8. The first-order valence-corrected chi connectivity index (χ1v) is 7.37. The molecule has 1 N–H and O–H groups in total. The van der Waals surface area contributed by atoms with Gasteiger partial charge in [-0.1, -0.05) is 19.1 Å². The Balaban J connectivity index is 2.62. The lowest BCUT2D eigenvalue weighted by molar-refractivity contribution is 0.118. The van der Waals surface area contributed by atoms with E-state index in [1.165, 1.54) is 12.1 Å². The molecule has 0 aliphatic rings. The first kappa shape index (κ1) is 18.0. The molecule has 5 heteroatoms. The SMILES string of the molecule is CCN(CCC(O)c1cccc(F)c1F)C(C)CN(C)C. The fourth-order valence-electron chi connectivity index (χ4n) is 2.56. The maximum absolute atomic E-state index is 13.6. The monoisotopic (exact) mass is 300 g/mol.